The topological polar surface area (TPSA) is 24.1 Å². The Labute approximate surface area is 93.1 Å². The van der Waals surface area contributed by atoms with Crippen molar-refractivity contribution in [1.29, 1.82) is 0 Å². The molecule has 0 bridgehead atoms. The van der Waals surface area contributed by atoms with Gasteiger partial charge in [0, 0.05) is 0 Å². The standard InChI is InChI=1S/C13H22N2/c1-14-10-5-6-11-15-12-9-13-7-3-2-4-8-13/h2-4,7-8,14-15H,5-6,9-12H2,1H3. The minimum Gasteiger partial charge on any atom is -0.320 e. The molecule has 0 spiro atoms. The Hall–Kier alpha value is -0.860. The summed E-state index contributed by atoms with van der Waals surface area (Å²) in [6.45, 7) is 3.35. The molecule has 0 atom stereocenters. The first-order valence-corrected chi connectivity index (χ1v) is 5.82. The van der Waals surface area contributed by atoms with Gasteiger partial charge in [0.2, 0.25) is 0 Å². The average molecular weight is 206 g/mol. The van der Waals surface area contributed by atoms with Crippen LogP contribution < -0.4 is 10.6 Å². The summed E-state index contributed by atoms with van der Waals surface area (Å²) in [5.74, 6) is 0. The summed E-state index contributed by atoms with van der Waals surface area (Å²) in [5, 5.41) is 6.62. The van der Waals surface area contributed by atoms with Gasteiger partial charge in [0.1, 0.15) is 0 Å². The highest BCUT2D eigenvalue weighted by Crippen LogP contribution is 1.98. The number of hydrogen-bond donors (Lipinski definition) is 2. The monoisotopic (exact) mass is 206 g/mol. The average Bonchev–Trinajstić information content (AvgIpc) is 2.29. The van der Waals surface area contributed by atoms with Gasteiger partial charge in [-0.05, 0) is 51.5 Å². The quantitative estimate of drug-likeness (QED) is 0.634. The van der Waals surface area contributed by atoms with Gasteiger partial charge in [-0.25, -0.2) is 0 Å². The van der Waals surface area contributed by atoms with Gasteiger partial charge in [-0.15, -0.1) is 0 Å². The lowest BCUT2D eigenvalue weighted by Crippen LogP contribution is -2.19. The van der Waals surface area contributed by atoms with Crippen LogP contribution in [-0.2, 0) is 6.42 Å². The molecule has 0 radical (unpaired) electrons. The summed E-state index contributed by atoms with van der Waals surface area (Å²) >= 11 is 0. The Kier molecular flexibility index (Phi) is 6.88. The highest BCUT2D eigenvalue weighted by Gasteiger charge is 1.91. The first-order chi connectivity index (χ1) is 7.43. The Morgan fingerprint density at radius 2 is 1.67 bits per heavy atom. The maximum Gasteiger partial charge on any atom is -0.000835 e. The second-order valence-electron chi connectivity index (χ2n) is 3.80. The van der Waals surface area contributed by atoms with Crippen LogP contribution in [0.2, 0.25) is 0 Å². The highest BCUT2D eigenvalue weighted by atomic mass is 14.8. The summed E-state index contributed by atoms with van der Waals surface area (Å²) < 4.78 is 0. The normalized spacial score (nSPS) is 10.5. The van der Waals surface area contributed by atoms with Crippen LogP contribution in [0, 0.1) is 0 Å². The molecule has 0 aliphatic heterocycles. The first kappa shape index (κ1) is 12.2. The molecule has 1 aromatic carbocycles. The lowest BCUT2D eigenvalue weighted by Gasteiger charge is -2.04. The summed E-state index contributed by atoms with van der Waals surface area (Å²) in [4.78, 5) is 0. The molecule has 0 aliphatic rings. The van der Waals surface area contributed by atoms with Gasteiger partial charge in [0.05, 0.1) is 0 Å². The number of nitrogens with one attached hydrogen (secondary N) is 2. The molecule has 0 heterocycles. The third-order valence-electron chi connectivity index (χ3n) is 2.46. The number of unbranched alkanes of at least 4 members (excludes halogenated alkanes) is 1. The van der Waals surface area contributed by atoms with Crippen molar-refractivity contribution in [3.05, 3.63) is 35.9 Å². The van der Waals surface area contributed by atoms with Crippen LogP contribution >= 0.6 is 0 Å². The smallest absolute Gasteiger partial charge is 0.000835 e. The van der Waals surface area contributed by atoms with E-state index in [0.717, 1.165) is 26.1 Å². The third-order valence-corrected chi connectivity index (χ3v) is 2.46. The van der Waals surface area contributed by atoms with Gasteiger partial charge >= 0.3 is 0 Å². The fourth-order valence-corrected chi connectivity index (χ4v) is 1.55. The van der Waals surface area contributed by atoms with E-state index in [-0.39, 0.29) is 0 Å². The largest absolute Gasteiger partial charge is 0.320 e. The Morgan fingerprint density at radius 1 is 0.933 bits per heavy atom. The van der Waals surface area contributed by atoms with Crippen LogP contribution in [0.4, 0.5) is 0 Å². The number of rotatable bonds is 8. The van der Waals surface area contributed by atoms with Crippen molar-refractivity contribution in [3.63, 3.8) is 0 Å². The molecule has 1 aromatic rings. The van der Waals surface area contributed by atoms with Crippen LogP contribution in [0.15, 0.2) is 30.3 Å². The Morgan fingerprint density at radius 3 is 2.40 bits per heavy atom. The molecule has 2 nitrogen and oxygen atoms in total. The van der Waals surface area contributed by atoms with Crippen molar-refractivity contribution in [2.45, 2.75) is 19.3 Å². The molecular weight excluding hydrogens is 184 g/mol. The number of benzene rings is 1. The molecule has 0 amide bonds. The molecule has 2 heteroatoms. The molecule has 0 saturated heterocycles. The molecule has 84 valence electrons. The predicted molar refractivity (Wildman–Crippen MR) is 66.2 cm³/mol. The number of hydrogen-bond acceptors (Lipinski definition) is 2. The SMILES string of the molecule is CNCCCCNCCc1ccccc1. The van der Waals surface area contributed by atoms with Crippen molar-refractivity contribution >= 4 is 0 Å². The fourth-order valence-electron chi connectivity index (χ4n) is 1.55. The van der Waals surface area contributed by atoms with Gasteiger partial charge in [-0.2, -0.15) is 0 Å². The molecule has 0 saturated carbocycles. The molecule has 0 aromatic heterocycles. The summed E-state index contributed by atoms with van der Waals surface area (Å²) in [5.41, 5.74) is 1.42. The molecule has 0 aliphatic carbocycles. The second-order valence-corrected chi connectivity index (χ2v) is 3.80. The van der Waals surface area contributed by atoms with E-state index < -0.39 is 0 Å². The molecule has 15 heavy (non-hydrogen) atoms. The maximum atomic E-state index is 3.46. The van der Waals surface area contributed by atoms with E-state index in [1.807, 2.05) is 7.05 Å². The van der Waals surface area contributed by atoms with Crippen molar-refractivity contribution in [2.75, 3.05) is 26.7 Å². The van der Waals surface area contributed by atoms with Gasteiger partial charge in [0.25, 0.3) is 0 Å². The van der Waals surface area contributed by atoms with E-state index >= 15 is 0 Å². The van der Waals surface area contributed by atoms with Gasteiger partial charge in [0.15, 0.2) is 0 Å². The van der Waals surface area contributed by atoms with Crippen molar-refractivity contribution in [2.24, 2.45) is 0 Å². The minimum atomic E-state index is 1.09. The molecular formula is C13H22N2. The zero-order chi connectivity index (χ0) is 10.8. The fraction of sp³-hybridized carbons (Fsp3) is 0.538. The minimum absolute atomic E-state index is 1.09. The first-order valence-electron chi connectivity index (χ1n) is 5.82. The molecule has 1 rings (SSSR count). The highest BCUT2D eigenvalue weighted by molar-refractivity contribution is 5.14. The van der Waals surface area contributed by atoms with Crippen molar-refractivity contribution in [1.82, 2.24) is 10.6 Å². The van der Waals surface area contributed by atoms with Crippen molar-refractivity contribution < 1.29 is 0 Å². The van der Waals surface area contributed by atoms with Crippen molar-refractivity contribution in [3.8, 4) is 0 Å². The Balaban J connectivity index is 1.93. The maximum absolute atomic E-state index is 3.46. The summed E-state index contributed by atoms with van der Waals surface area (Å²) in [6.07, 6.45) is 3.65. The van der Waals surface area contributed by atoms with E-state index in [2.05, 4.69) is 41.0 Å². The van der Waals surface area contributed by atoms with Gasteiger partial charge in [-0.3, -0.25) is 0 Å². The van der Waals surface area contributed by atoms with E-state index in [1.54, 1.807) is 0 Å². The summed E-state index contributed by atoms with van der Waals surface area (Å²) in [7, 11) is 2.00. The van der Waals surface area contributed by atoms with Crippen LogP contribution in [0.25, 0.3) is 0 Å². The zero-order valence-corrected chi connectivity index (χ0v) is 9.63. The van der Waals surface area contributed by atoms with Crippen LogP contribution in [0.1, 0.15) is 18.4 Å². The van der Waals surface area contributed by atoms with E-state index in [9.17, 15) is 0 Å². The molecule has 0 fully saturated rings. The van der Waals surface area contributed by atoms with Crippen LogP contribution in [0.5, 0.6) is 0 Å². The van der Waals surface area contributed by atoms with E-state index in [1.165, 1.54) is 18.4 Å². The lowest BCUT2D eigenvalue weighted by atomic mass is 10.1. The lowest BCUT2D eigenvalue weighted by molar-refractivity contribution is 0.606. The summed E-state index contributed by atoms with van der Waals surface area (Å²) in [6, 6.07) is 10.6. The second kappa shape index (κ2) is 8.45. The van der Waals surface area contributed by atoms with E-state index in [4.69, 9.17) is 0 Å². The zero-order valence-electron chi connectivity index (χ0n) is 9.63. The van der Waals surface area contributed by atoms with E-state index in [0.29, 0.717) is 0 Å². The van der Waals surface area contributed by atoms with Crippen LogP contribution in [0.3, 0.4) is 0 Å². The predicted octanol–water partition coefficient (Wildman–Crippen LogP) is 1.82. The third kappa shape index (κ3) is 6.26. The molecule has 0 unspecified atom stereocenters. The van der Waals surface area contributed by atoms with Gasteiger partial charge in [-0.1, -0.05) is 30.3 Å². The van der Waals surface area contributed by atoms with Crippen LogP contribution in [-0.4, -0.2) is 26.7 Å². The molecule has 2 N–H and O–H groups in total. The van der Waals surface area contributed by atoms with Gasteiger partial charge < -0.3 is 10.6 Å². The Bertz CT molecular complexity index is 234.